The summed E-state index contributed by atoms with van der Waals surface area (Å²) in [7, 11) is 1.57. The molecule has 1 aromatic heterocycles. The predicted octanol–water partition coefficient (Wildman–Crippen LogP) is 1.32. The summed E-state index contributed by atoms with van der Waals surface area (Å²) in [5.74, 6) is -1.07. The Morgan fingerprint density at radius 2 is 2.10 bits per heavy atom. The Labute approximate surface area is 117 Å². The van der Waals surface area contributed by atoms with Crippen molar-refractivity contribution in [2.45, 2.75) is 39.2 Å². The maximum atomic E-state index is 11.8. The van der Waals surface area contributed by atoms with Crippen molar-refractivity contribution in [3.63, 3.8) is 0 Å². The highest BCUT2D eigenvalue weighted by atomic mass is 16.5. The molecule has 2 N–H and O–H groups in total. The minimum atomic E-state index is -0.977. The topological polar surface area (TPSA) is 95.7 Å². The van der Waals surface area contributed by atoms with Gasteiger partial charge in [0.1, 0.15) is 6.04 Å². The van der Waals surface area contributed by atoms with E-state index in [1.165, 1.54) is 11.8 Å². The molecule has 0 radical (unpaired) electrons. The van der Waals surface area contributed by atoms with Crippen LogP contribution in [0.25, 0.3) is 0 Å². The van der Waals surface area contributed by atoms with Gasteiger partial charge in [-0.2, -0.15) is 0 Å². The van der Waals surface area contributed by atoms with Crippen LogP contribution in [0.4, 0.5) is 5.88 Å². The van der Waals surface area contributed by atoms with Crippen LogP contribution < -0.4 is 5.32 Å². The molecule has 1 amide bonds. The molecule has 20 heavy (non-hydrogen) atoms. The van der Waals surface area contributed by atoms with Crippen molar-refractivity contribution in [3.8, 4) is 0 Å². The molecule has 112 valence electrons. The minimum Gasteiger partial charge on any atom is -0.480 e. The molecule has 1 rings (SSSR count). The lowest BCUT2D eigenvalue weighted by atomic mass is 9.92. The Morgan fingerprint density at radius 3 is 2.55 bits per heavy atom. The first-order valence-electron chi connectivity index (χ1n) is 6.31. The standard InChI is InChI=1S/C13H21N3O4/c1-8(12(18)19)16(5)7-10(17)14-11-6-9(15-20-11)13(2,3)4/h6,8H,7H2,1-5H3,(H,14,17)(H,18,19). The summed E-state index contributed by atoms with van der Waals surface area (Å²) in [6.07, 6.45) is 0. The normalized spacial score (nSPS) is 13.3. The van der Waals surface area contributed by atoms with Crippen molar-refractivity contribution in [2.24, 2.45) is 0 Å². The summed E-state index contributed by atoms with van der Waals surface area (Å²) < 4.78 is 5.03. The molecule has 0 spiro atoms. The van der Waals surface area contributed by atoms with Gasteiger partial charge in [0.25, 0.3) is 0 Å². The average molecular weight is 283 g/mol. The molecule has 1 aromatic rings. The number of carbonyl (C=O) groups is 2. The average Bonchev–Trinajstić information content (AvgIpc) is 2.75. The van der Waals surface area contributed by atoms with E-state index in [0.29, 0.717) is 0 Å². The zero-order valence-corrected chi connectivity index (χ0v) is 12.4. The number of carboxylic acid groups (broad SMARTS) is 1. The molecule has 1 unspecified atom stereocenters. The van der Waals surface area contributed by atoms with E-state index < -0.39 is 12.0 Å². The molecule has 0 aliphatic rings. The van der Waals surface area contributed by atoms with E-state index in [9.17, 15) is 9.59 Å². The van der Waals surface area contributed by atoms with E-state index in [4.69, 9.17) is 9.63 Å². The number of nitrogens with one attached hydrogen (secondary N) is 1. The summed E-state index contributed by atoms with van der Waals surface area (Å²) in [4.78, 5) is 24.0. The fraction of sp³-hybridized carbons (Fsp3) is 0.615. The van der Waals surface area contributed by atoms with Crippen LogP contribution in [-0.4, -0.2) is 46.7 Å². The van der Waals surface area contributed by atoms with Gasteiger partial charge in [0.05, 0.1) is 12.2 Å². The number of anilines is 1. The third-order valence-electron chi connectivity index (χ3n) is 2.95. The third kappa shape index (κ3) is 4.34. The van der Waals surface area contributed by atoms with Crippen LogP contribution >= 0.6 is 0 Å². The number of nitrogens with zero attached hydrogens (tertiary/aromatic N) is 2. The first-order chi connectivity index (χ1) is 9.11. The Hall–Kier alpha value is -1.89. The molecule has 0 saturated heterocycles. The number of carboxylic acids is 1. The van der Waals surface area contributed by atoms with Crippen molar-refractivity contribution < 1.29 is 19.2 Å². The lowest BCUT2D eigenvalue weighted by molar-refractivity contribution is -0.142. The molecule has 1 atom stereocenters. The molecule has 0 bridgehead atoms. The quantitative estimate of drug-likeness (QED) is 0.846. The van der Waals surface area contributed by atoms with Crippen LogP contribution in [0.3, 0.4) is 0 Å². The number of carbonyl (C=O) groups excluding carboxylic acids is 1. The molecule has 0 aliphatic heterocycles. The highest BCUT2D eigenvalue weighted by molar-refractivity contribution is 5.91. The van der Waals surface area contributed by atoms with E-state index in [-0.39, 0.29) is 23.8 Å². The highest BCUT2D eigenvalue weighted by Gasteiger charge is 2.22. The van der Waals surface area contributed by atoms with Crippen molar-refractivity contribution >= 4 is 17.8 Å². The number of amides is 1. The zero-order valence-electron chi connectivity index (χ0n) is 12.4. The fourth-order valence-electron chi connectivity index (χ4n) is 1.42. The van der Waals surface area contributed by atoms with Gasteiger partial charge < -0.3 is 9.63 Å². The van der Waals surface area contributed by atoms with Crippen LogP contribution in [0, 0.1) is 0 Å². The number of aliphatic carboxylic acids is 1. The first-order valence-corrected chi connectivity index (χ1v) is 6.31. The lowest BCUT2D eigenvalue weighted by Crippen LogP contribution is -2.40. The molecule has 0 aliphatic carbocycles. The summed E-state index contributed by atoms with van der Waals surface area (Å²) in [5, 5.41) is 15.3. The van der Waals surface area contributed by atoms with Gasteiger partial charge in [-0.15, -0.1) is 0 Å². The lowest BCUT2D eigenvalue weighted by Gasteiger charge is -2.19. The Balaban J connectivity index is 2.59. The van der Waals surface area contributed by atoms with E-state index in [1.807, 2.05) is 20.8 Å². The van der Waals surface area contributed by atoms with Gasteiger partial charge in [0.2, 0.25) is 11.8 Å². The van der Waals surface area contributed by atoms with E-state index in [0.717, 1.165) is 5.69 Å². The van der Waals surface area contributed by atoms with Crippen molar-refractivity contribution in [1.82, 2.24) is 10.1 Å². The second-order valence-corrected chi connectivity index (χ2v) is 5.80. The van der Waals surface area contributed by atoms with Gasteiger partial charge in [-0.25, -0.2) is 0 Å². The van der Waals surface area contributed by atoms with Gasteiger partial charge in [-0.3, -0.25) is 19.8 Å². The number of likely N-dealkylation sites (N-methyl/N-ethyl adjacent to an activating group) is 1. The van der Waals surface area contributed by atoms with E-state index in [2.05, 4.69) is 10.5 Å². The van der Waals surface area contributed by atoms with Crippen LogP contribution in [-0.2, 0) is 15.0 Å². The Morgan fingerprint density at radius 1 is 1.50 bits per heavy atom. The highest BCUT2D eigenvalue weighted by Crippen LogP contribution is 2.23. The molecular formula is C13H21N3O4. The summed E-state index contributed by atoms with van der Waals surface area (Å²) >= 11 is 0. The Bertz CT molecular complexity index is 490. The minimum absolute atomic E-state index is 0.0426. The number of hydrogen-bond acceptors (Lipinski definition) is 5. The van der Waals surface area contributed by atoms with Gasteiger partial charge in [0.15, 0.2) is 0 Å². The van der Waals surface area contributed by atoms with E-state index in [1.54, 1.807) is 13.1 Å². The number of rotatable bonds is 5. The Kier molecular flexibility index (Phi) is 4.88. The maximum absolute atomic E-state index is 11.8. The van der Waals surface area contributed by atoms with E-state index >= 15 is 0 Å². The monoisotopic (exact) mass is 283 g/mol. The second kappa shape index (κ2) is 6.04. The molecule has 1 heterocycles. The predicted molar refractivity (Wildman–Crippen MR) is 73.6 cm³/mol. The maximum Gasteiger partial charge on any atom is 0.320 e. The summed E-state index contributed by atoms with van der Waals surface area (Å²) in [5.41, 5.74) is 0.571. The largest absolute Gasteiger partial charge is 0.480 e. The SMILES string of the molecule is CC(C(=O)O)N(C)CC(=O)Nc1cc(C(C)(C)C)no1. The van der Waals surface area contributed by atoms with Gasteiger partial charge >= 0.3 is 5.97 Å². The first kappa shape index (κ1) is 16.2. The van der Waals surface area contributed by atoms with Crippen LogP contribution in [0.1, 0.15) is 33.4 Å². The summed E-state index contributed by atoms with van der Waals surface area (Å²) in [6.45, 7) is 7.43. The van der Waals surface area contributed by atoms with Crippen LogP contribution in [0.2, 0.25) is 0 Å². The summed E-state index contributed by atoms with van der Waals surface area (Å²) in [6, 6.07) is 0.930. The molecule has 0 fully saturated rings. The zero-order chi connectivity index (χ0) is 15.5. The van der Waals surface area contributed by atoms with Gasteiger partial charge in [-0.05, 0) is 14.0 Å². The molecular weight excluding hydrogens is 262 g/mol. The van der Waals surface area contributed by atoms with Crippen molar-refractivity contribution in [2.75, 3.05) is 18.9 Å². The van der Waals surface area contributed by atoms with Crippen LogP contribution in [0.15, 0.2) is 10.6 Å². The third-order valence-corrected chi connectivity index (χ3v) is 2.95. The van der Waals surface area contributed by atoms with Crippen molar-refractivity contribution in [1.29, 1.82) is 0 Å². The molecule has 7 heteroatoms. The molecule has 7 nitrogen and oxygen atoms in total. The molecule has 0 aromatic carbocycles. The molecule has 0 saturated carbocycles. The second-order valence-electron chi connectivity index (χ2n) is 5.80. The number of hydrogen-bond donors (Lipinski definition) is 2. The van der Waals surface area contributed by atoms with Crippen LogP contribution in [0.5, 0.6) is 0 Å². The number of aromatic nitrogens is 1. The van der Waals surface area contributed by atoms with Crippen molar-refractivity contribution in [3.05, 3.63) is 11.8 Å². The van der Waals surface area contributed by atoms with Gasteiger partial charge in [-0.1, -0.05) is 25.9 Å². The van der Waals surface area contributed by atoms with Gasteiger partial charge in [0, 0.05) is 11.5 Å². The smallest absolute Gasteiger partial charge is 0.320 e. The fourth-order valence-corrected chi connectivity index (χ4v) is 1.42.